The van der Waals surface area contributed by atoms with Gasteiger partial charge in [0.2, 0.25) is 11.9 Å². The summed E-state index contributed by atoms with van der Waals surface area (Å²) in [6, 6.07) is 9.09. The summed E-state index contributed by atoms with van der Waals surface area (Å²) in [6.07, 6.45) is 3.90. The Morgan fingerprint density at radius 1 is 1.24 bits per heavy atom. The quantitative estimate of drug-likeness (QED) is 0.449. The molecule has 0 spiro atoms. The first-order chi connectivity index (χ1) is 16.5. The first-order valence-corrected chi connectivity index (χ1v) is 12.3. The van der Waals surface area contributed by atoms with Crippen LogP contribution >= 0.6 is 11.8 Å². The lowest BCUT2D eigenvalue weighted by Gasteiger charge is -2.31. The number of ether oxygens (including phenoxy) is 2. The minimum Gasteiger partial charge on any atom is -0.497 e. The SMILES string of the molecule is COc1ccc(OC)c(NC(=O)C(C)Sc2nnc(N3CCC(C)CC3)n2Cc2ccco2)c1. The molecule has 10 heteroatoms. The van der Waals surface area contributed by atoms with Crippen LogP contribution in [0, 0.1) is 5.92 Å². The minimum absolute atomic E-state index is 0.169. The van der Waals surface area contributed by atoms with Crippen molar-refractivity contribution in [1.29, 1.82) is 0 Å². The smallest absolute Gasteiger partial charge is 0.237 e. The third-order valence-electron chi connectivity index (χ3n) is 5.97. The van der Waals surface area contributed by atoms with Gasteiger partial charge in [-0.25, -0.2) is 0 Å². The van der Waals surface area contributed by atoms with E-state index in [1.165, 1.54) is 11.8 Å². The van der Waals surface area contributed by atoms with Gasteiger partial charge < -0.3 is 24.1 Å². The Balaban J connectivity index is 1.52. The predicted molar refractivity (Wildman–Crippen MR) is 132 cm³/mol. The highest BCUT2D eigenvalue weighted by molar-refractivity contribution is 8.00. The molecule has 1 aromatic carbocycles. The number of thioether (sulfide) groups is 1. The molecule has 3 aromatic rings. The van der Waals surface area contributed by atoms with Crippen molar-refractivity contribution in [3.63, 3.8) is 0 Å². The van der Waals surface area contributed by atoms with Gasteiger partial charge in [0.1, 0.15) is 17.3 Å². The Morgan fingerprint density at radius 3 is 2.71 bits per heavy atom. The number of nitrogens with zero attached hydrogens (tertiary/aromatic N) is 4. The van der Waals surface area contributed by atoms with Crippen molar-refractivity contribution in [2.45, 2.75) is 43.6 Å². The number of hydrogen-bond acceptors (Lipinski definition) is 8. The summed E-state index contributed by atoms with van der Waals surface area (Å²) < 4.78 is 18.3. The molecular formula is C24H31N5O4S. The normalized spacial score (nSPS) is 15.2. The Kier molecular flexibility index (Phi) is 7.66. The van der Waals surface area contributed by atoms with Gasteiger partial charge in [-0.05, 0) is 49.9 Å². The number of benzene rings is 1. The monoisotopic (exact) mass is 485 g/mol. The van der Waals surface area contributed by atoms with Crippen molar-refractivity contribution in [2.75, 3.05) is 37.5 Å². The molecule has 0 bridgehead atoms. The van der Waals surface area contributed by atoms with Crippen LogP contribution in [-0.2, 0) is 11.3 Å². The van der Waals surface area contributed by atoms with Gasteiger partial charge in [-0.1, -0.05) is 18.7 Å². The van der Waals surface area contributed by atoms with Crippen LogP contribution in [-0.4, -0.2) is 53.2 Å². The zero-order chi connectivity index (χ0) is 24.1. The van der Waals surface area contributed by atoms with Crippen molar-refractivity contribution in [2.24, 2.45) is 5.92 Å². The molecule has 1 saturated heterocycles. The molecule has 9 nitrogen and oxygen atoms in total. The average Bonchev–Trinajstić information content (AvgIpc) is 3.50. The predicted octanol–water partition coefficient (Wildman–Crippen LogP) is 4.29. The molecule has 1 unspecified atom stereocenters. The number of amides is 1. The molecule has 182 valence electrons. The Labute approximate surface area is 203 Å². The number of piperidine rings is 1. The number of methoxy groups -OCH3 is 2. The summed E-state index contributed by atoms with van der Waals surface area (Å²) in [7, 11) is 3.15. The molecule has 0 radical (unpaired) electrons. The first kappa shape index (κ1) is 24.0. The van der Waals surface area contributed by atoms with Crippen LogP contribution in [0.5, 0.6) is 11.5 Å². The number of hydrogen-bond donors (Lipinski definition) is 1. The molecule has 1 atom stereocenters. The van der Waals surface area contributed by atoms with E-state index in [-0.39, 0.29) is 5.91 Å². The van der Waals surface area contributed by atoms with Crippen molar-refractivity contribution < 1.29 is 18.7 Å². The number of furan rings is 1. The average molecular weight is 486 g/mol. The van der Waals surface area contributed by atoms with Crippen LogP contribution in [0.25, 0.3) is 0 Å². The van der Waals surface area contributed by atoms with E-state index in [1.54, 1.807) is 38.7 Å². The van der Waals surface area contributed by atoms with Gasteiger partial charge in [0.05, 0.1) is 38.0 Å². The van der Waals surface area contributed by atoms with Gasteiger partial charge in [0.15, 0.2) is 5.16 Å². The van der Waals surface area contributed by atoms with Gasteiger partial charge in [-0.15, -0.1) is 10.2 Å². The minimum atomic E-state index is -0.426. The molecule has 1 N–H and O–H groups in total. The number of carbonyl (C=O) groups is 1. The second-order valence-corrected chi connectivity index (χ2v) is 9.74. The first-order valence-electron chi connectivity index (χ1n) is 11.4. The molecule has 1 amide bonds. The van der Waals surface area contributed by atoms with E-state index in [4.69, 9.17) is 13.9 Å². The fourth-order valence-electron chi connectivity index (χ4n) is 3.87. The van der Waals surface area contributed by atoms with Gasteiger partial charge in [-0.2, -0.15) is 0 Å². The lowest BCUT2D eigenvalue weighted by molar-refractivity contribution is -0.115. The lowest BCUT2D eigenvalue weighted by atomic mass is 10.00. The number of carbonyl (C=O) groups excluding carboxylic acids is 1. The fraction of sp³-hybridized carbons (Fsp3) is 0.458. The Hall–Kier alpha value is -3.14. The van der Waals surface area contributed by atoms with Crippen LogP contribution < -0.4 is 19.7 Å². The van der Waals surface area contributed by atoms with E-state index in [1.807, 2.05) is 23.6 Å². The molecule has 3 heterocycles. The summed E-state index contributed by atoms with van der Waals surface area (Å²) in [5.74, 6) is 3.37. The van der Waals surface area contributed by atoms with Gasteiger partial charge in [-0.3, -0.25) is 9.36 Å². The third-order valence-corrected chi connectivity index (χ3v) is 7.05. The highest BCUT2D eigenvalue weighted by Gasteiger charge is 2.26. The van der Waals surface area contributed by atoms with Crippen LogP contribution in [0.15, 0.2) is 46.2 Å². The van der Waals surface area contributed by atoms with Crippen LogP contribution in [0.1, 0.15) is 32.4 Å². The topological polar surface area (TPSA) is 94.6 Å². The zero-order valence-electron chi connectivity index (χ0n) is 20.0. The van der Waals surface area contributed by atoms with E-state index >= 15 is 0 Å². The van der Waals surface area contributed by atoms with Crippen LogP contribution in [0.2, 0.25) is 0 Å². The van der Waals surface area contributed by atoms with Crippen molar-refractivity contribution in [3.8, 4) is 11.5 Å². The molecule has 1 aliphatic heterocycles. The van der Waals surface area contributed by atoms with Crippen LogP contribution in [0.3, 0.4) is 0 Å². The van der Waals surface area contributed by atoms with E-state index in [9.17, 15) is 4.79 Å². The van der Waals surface area contributed by atoms with Gasteiger partial charge in [0, 0.05) is 19.2 Å². The summed E-state index contributed by atoms with van der Waals surface area (Å²) in [6.45, 7) is 6.51. The molecule has 0 saturated carbocycles. The van der Waals surface area contributed by atoms with Gasteiger partial charge in [0.25, 0.3) is 0 Å². The number of rotatable bonds is 9. The summed E-state index contributed by atoms with van der Waals surface area (Å²) in [5, 5.41) is 12.1. The molecule has 0 aliphatic carbocycles. The van der Waals surface area contributed by atoms with Gasteiger partial charge >= 0.3 is 0 Å². The van der Waals surface area contributed by atoms with Crippen molar-refractivity contribution in [1.82, 2.24) is 14.8 Å². The molecule has 2 aromatic heterocycles. The maximum atomic E-state index is 13.0. The van der Waals surface area contributed by atoms with E-state index in [0.717, 1.165) is 37.6 Å². The van der Waals surface area contributed by atoms with Crippen molar-refractivity contribution in [3.05, 3.63) is 42.4 Å². The second-order valence-electron chi connectivity index (χ2n) is 8.43. The van der Waals surface area contributed by atoms with E-state index < -0.39 is 5.25 Å². The summed E-state index contributed by atoms with van der Waals surface area (Å²) in [5.41, 5.74) is 0.555. The molecule has 1 aliphatic rings. The van der Waals surface area contributed by atoms with E-state index in [0.29, 0.717) is 34.8 Å². The zero-order valence-corrected chi connectivity index (χ0v) is 20.8. The maximum absolute atomic E-state index is 13.0. The molecule has 34 heavy (non-hydrogen) atoms. The van der Waals surface area contributed by atoms with E-state index in [2.05, 4.69) is 27.3 Å². The summed E-state index contributed by atoms with van der Waals surface area (Å²) in [4.78, 5) is 15.3. The maximum Gasteiger partial charge on any atom is 0.237 e. The lowest BCUT2D eigenvalue weighted by Crippen LogP contribution is -2.35. The standard InChI is InChI=1S/C24H31N5O4S/c1-16-9-11-28(12-10-16)23-26-27-24(29(23)15-19-6-5-13-33-19)34-17(2)22(30)25-20-14-18(31-3)7-8-21(20)32-4/h5-8,13-14,16-17H,9-12,15H2,1-4H3,(H,25,30). The third kappa shape index (κ3) is 5.49. The Bertz CT molecular complexity index is 1090. The largest absolute Gasteiger partial charge is 0.497 e. The summed E-state index contributed by atoms with van der Waals surface area (Å²) >= 11 is 1.37. The molecule has 4 rings (SSSR count). The van der Waals surface area contributed by atoms with Crippen molar-refractivity contribution >= 4 is 29.3 Å². The van der Waals surface area contributed by atoms with Crippen LogP contribution in [0.4, 0.5) is 11.6 Å². The number of nitrogens with one attached hydrogen (secondary N) is 1. The number of aromatic nitrogens is 3. The second kappa shape index (κ2) is 10.9. The highest BCUT2D eigenvalue weighted by atomic mass is 32.2. The molecular weight excluding hydrogens is 454 g/mol. The molecule has 1 fully saturated rings. The fourth-order valence-corrected chi connectivity index (χ4v) is 4.71. The highest BCUT2D eigenvalue weighted by Crippen LogP contribution is 2.32. The number of anilines is 2. The Morgan fingerprint density at radius 2 is 2.03 bits per heavy atom.